The van der Waals surface area contributed by atoms with Crippen molar-refractivity contribution in [2.75, 3.05) is 0 Å². The number of nitrogens with zero attached hydrogens (tertiary/aromatic N) is 1. The molecule has 1 aromatic rings. The molecule has 2 nitrogen and oxygen atoms in total. The molecule has 0 spiro atoms. The van der Waals surface area contributed by atoms with Gasteiger partial charge in [-0.3, -0.25) is 4.79 Å². The summed E-state index contributed by atoms with van der Waals surface area (Å²) in [5, 5.41) is 0. The van der Waals surface area contributed by atoms with Crippen molar-refractivity contribution < 1.29 is 0 Å². The first kappa shape index (κ1) is 13.1. The summed E-state index contributed by atoms with van der Waals surface area (Å²) in [6.45, 7) is 3.17. The number of pyridine rings is 1. The average Bonchev–Trinajstić information content (AvgIpc) is 2.29. The van der Waals surface area contributed by atoms with Crippen LogP contribution < -0.4 is 5.56 Å². The van der Waals surface area contributed by atoms with Gasteiger partial charge in [0.05, 0.1) is 0 Å². The minimum Gasteiger partial charge on any atom is -0.312 e. The van der Waals surface area contributed by atoms with E-state index >= 15 is 0 Å². The molecule has 1 aliphatic rings. The lowest BCUT2D eigenvalue weighted by molar-refractivity contribution is 0.398. The summed E-state index contributed by atoms with van der Waals surface area (Å²) < 4.78 is 1.95. The van der Waals surface area contributed by atoms with Crippen LogP contribution >= 0.6 is 33.1 Å². The maximum atomic E-state index is 11.7. The van der Waals surface area contributed by atoms with Crippen LogP contribution in [0.2, 0.25) is 0 Å². The third-order valence-corrected chi connectivity index (χ3v) is 14.6. The minimum absolute atomic E-state index is 0.0221. The first-order valence-electron chi connectivity index (χ1n) is 5.32. The Hall–Kier alpha value is 0.670. The lowest BCUT2D eigenvalue weighted by Crippen LogP contribution is -2.36. The molecule has 1 aliphatic heterocycles. The lowest BCUT2D eigenvalue weighted by Gasteiger charge is -2.35. The zero-order valence-electron chi connectivity index (χ0n) is 9.26. The van der Waals surface area contributed by atoms with Crippen LogP contribution in [0, 0.1) is 5.92 Å². The molecule has 16 heavy (non-hydrogen) atoms. The van der Waals surface area contributed by atoms with Crippen LogP contribution in [-0.2, 0) is 13.0 Å². The summed E-state index contributed by atoms with van der Waals surface area (Å²) in [4.78, 5) is 11.7. The lowest BCUT2D eigenvalue weighted by atomic mass is 9.98. The zero-order valence-corrected chi connectivity index (χ0v) is 13.5. The third-order valence-electron chi connectivity index (χ3n) is 3.19. The Balaban J connectivity index is 2.32. The van der Waals surface area contributed by atoms with E-state index in [0.717, 1.165) is 26.6 Å². The van der Waals surface area contributed by atoms with E-state index in [2.05, 4.69) is 30.8 Å². The number of fused-ring (bicyclic) bond motifs is 1. The Bertz CT molecular complexity index is 433. The van der Waals surface area contributed by atoms with Gasteiger partial charge in [0, 0.05) is 18.3 Å². The molecule has 0 N–H and O–H groups in total. The second-order valence-electron chi connectivity index (χ2n) is 4.25. The molecule has 6 atom stereocenters. The highest BCUT2D eigenvalue weighted by atomic mass is 32.6. The van der Waals surface area contributed by atoms with E-state index in [1.54, 1.807) is 6.07 Å². The molecule has 2 rings (SSSR count). The molecule has 0 amide bonds. The van der Waals surface area contributed by atoms with Crippen LogP contribution in [-0.4, -0.2) is 10.2 Å². The smallest absolute Gasteiger partial charge is 0.250 e. The van der Waals surface area contributed by atoms with Crippen LogP contribution in [0.5, 0.6) is 0 Å². The second kappa shape index (κ2) is 5.54. The predicted molar refractivity (Wildman–Crippen MR) is 82.0 cm³/mol. The number of hydrogen-bond acceptors (Lipinski definition) is 1. The zero-order chi connectivity index (χ0) is 11.7. The molecular weight excluding hydrogens is 274 g/mol. The maximum Gasteiger partial charge on any atom is 0.250 e. The van der Waals surface area contributed by atoms with Gasteiger partial charge in [-0.1, -0.05) is 28.2 Å². The molecule has 0 saturated heterocycles. The number of hydrogen-bond donors (Lipinski definition) is 0. The Morgan fingerprint density at radius 3 is 3.00 bits per heavy atom. The van der Waals surface area contributed by atoms with Crippen molar-refractivity contribution in [3.63, 3.8) is 0 Å². The standard InChI is InChI=1S/C10H17NOP4/c1-7-6-11-8(3-2-4-10(11)12)5-9(7)16(14)15-13/h2-4,7,9,15H,5-6,13-14H2,1H3. The van der Waals surface area contributed by atoms with Crippen LogP contribution in [0.4, 0.5) is 0 Å². The van der Waals surface area contributed by atoms with Gasteiger partial charge in [0.1, 0.15) is 0 Å². The SMILES string of the molecule is CC1Cn2c(cccc2=O)CC1P(P)PP. The van der Waals surface area contributed by atoms with E-state index in [-0.39, 0.29) is 12.9 Å². The largest absolute Gasteiger partial charge is 0.312 e. The highest BCUT2D eigenvalue weighted by molar-refractivity contribution is 8.61. The van der Waals surface area contributed by atoms with E-state index in [1.807, 2.05) is 10.6 Å². The molecule has 0 aliphatic carbocycles. The number of rotatable bonds is 2. The molecule has 1 aromatic heterocycles. The fourth-order valence-electron chi connectivity index (χ4n) is 2.24. The van der Waals surface area contributed by atoms with Crippen molar-refractivity contribution in [1.82, 2.24) is 4.57 Å². The summed E-state index contributed by atoms with van der Waals surface area (Å²) in [5.41, 5.74) is 2.12. The van der Waals surface area contributed by atoms with E-state index in [4.69, 9.17) is 0 Å². The van der Waals surface area contributed by atoms with Gasteiger partial charge >= 0.3 is 0 Å². The Morgan fingerprint density at radius 2 is 2.31 bits per heavy atom. The summed E-state index contributed by atoms with van der Waals surface area (Å²) in [5.74, 6) is 0.615. The summed E-state index contributed by atoms with van der Waals surface area (Å²) in [6, 6.07) is 5.65. The van der Waals surface area contributed by atoms with E-state index in [0.29, 0.717) is 5.92 Å². The highest BCUT2D eigenvalue weighted by Gasteiger charge is 2.29. The molecular formula is C10H17NOP4. The quantitative estimate of drug-likeness (QED) is 0.768. The van der Waals surface area contributed by atoms with Crippen LogP contribution in [0.25, 0.3) is 0 Å². The molecule has 0 saturated carbocycles. The van der Waals surface area contributed by atoms with E-state index < -0.39 is 0 Å². The summed E-state index contributed by atoms with van der Waals surface area (Å²) in [7, 11) is 6.86. The normalized spacial score (nSPS) is 26.9. The maximum absolute atomic E-state index is 11.7. The molecule has 0 fully saturated rings. The van der Waals surface area contributed by atoms with Crippen molar-refractivity contribution in [1.29, 1.82) is 0 Å². The number of aromatic nitrogens is 1. The van der Waals surface area contributed by atoms with Gasteiger partial charge in [0.25, 0.3) is 5.56 Å². The Kier molecular flexibility index (Phi) is 4.54. The van der Waals surface area contributed by atoms with Gasteiger partial charge in [-0.25, -0.2) is 0 Å². The second-order valence-corrected chi connectivity index (χ2v) is 13.9. The first-order chi connectivity index (χ1) is 7.63. The van der Waals surface area contributed by atoms with Gasteiger partial charge in [0.2, 0.25) is 0 Å². The molecule has 0 radical (unpaired) electrons. The molecule has 0 aromatic carbocycles. The van der Waals surface area contributed by atoms with Gasteiger partial charge in [-0.15, -0.1) is 17.9 Å². The van der Waals surface area contributed by atoms with Gasteiger partial charge in [-0.05, 0) is 24.1 Å². The Labute approximate surface area is 104 Å². The summed E-state index contributed by atoms with van der Waals surface area (Å²) in [6.07, 6.45) is 1.06. The van der Waals surface area contributed by atoms with Crippen LogP contribution in [0.15, 0.2) is 23.0 Å². The van der Waals surface area contributed by atoms with Crippen molar-refractivity contribution in [2.24, 2.45) is 5.92 Å². The Morgan fingerprint density at radius 1 is 1.56 bits per heavy atom. The third kappa shape index (κ3) is 2.57. The van der Waals surface area contributed by atoms with Gasteiger partial charge in [0.15, 0.2) is 0 Å². The van der Waals surface area contributed by atoms with Crippen molar-refractivity contribution >= 4 is 33.1 Å². The predicted octanol–water partition coefficient (Wildman–Crippen LogP) is 3.06. The summed E-state index contributed by atoms with van der Waals surface area (Å²) >= 11 is 0. The van der Waals surface area contributed by atoms with Gasteiger partial charge < -0.3 is 4.57 Å². The fourth-order valence-corrected chi connectivity index (χ4v) is 7.99. The van der Waals surface area contributed by atoms with E-state index in [9.17, 15) is 4.79 Å². The monoisotopic (exact) mass is 291 g/mol. The van der Waals surface area contributed by atoms with Crippen LogP contribution in [0.3, 0.4) is 0 Å². The van der Waals surface area contributed by atoms with Crippen molar-refractivity contribution in [3.05, 3.63) is 34.2 Å². The first-order valence-corrected chi connectivity index (χ1v) is 12.0. The van der Waals surface area contributed by atoms with Crippen LogP contribution in [0.1, 0.15) is 12.6 Å². The minimum atomic E-state index is 0.0221. The topological polar surface area (TPSA) is 22.0 Å². The molecule has 88 valence electrons. The van der Waals surface area contributed by atoms with E-state index in [1.165, 1.54) is 5.69 Å². The average molecular weight is 291 g/mol. The van der Waals surface area contributed by atoms with Crippen molar-refractivity contribution in [2.45, 2.75) is 25.5 Å². The molecule has 2 heterocycles. The van der Waals surface area contributed by atoms with Gasteiger partial charge in [-0.2, -0.15) is 0 Å². The fraction of sp³-hybridized carbons (Fsp3) is 0.500. The molecule has 6 unspecified atom stereocenters. The molecule has 6 heteroatoms. The molecule has 0 bridgehead atoms. The highest BCUT2D eigenvalue weighted by Crippen LogP contribution is 2.71. The van der Waals surface area contributed by atoms with Crippen molar-refractivity contribution in [3.8, 4) is 0 Å².